The number of piperazine rings is 1. The number of benzene rings is 3. The summed E-state index contributed by atoms with van der Waals surface area (Å²) in [5.74, 6) is 0.342. The van der Waals surface area contributed by atoms with E-state index in [1.54, 1.807) is 6.20 Å². The number of halogens is 1. The van der Waals surface area contributed by atoms with Crippen LogP contribution < -0.4 is 14.4 Å². The third-order valence-electron chi connectivity index (χ3n) is 6.47. The molecule has 5 rings (SSSR count). The van der Waals surface area contributed by atoms with Gasteiger partial charge in [-0.3, -0.25) is 14.8 Å². The zero-order valence-electron chi connectivity index (χ0n) is 20.8. The van der Waals surface area contributed by atoms with E-state index >= 15 is 0 Å². The molecule has 0 amide bonds. The minimum absolute atomic E-state index is 0.0452. The minimum atomic E-state index is -0.813. The number of aliphatic carboxylic acids is 1. The average molecular weight is 533 g/mol. The number of carboxylic acids is 1. The highest BCUT2D eigenvalue weighted by Crippen LogP contribution is 2.42. The van der Waals surface area contributed by atoms with Crippen molar-refractivity contribution in [2.24, 2.45) is 0 Å². The predicted molar refractivity (Wildman–Crippen MR) is 147 cm³/mol. The number of ether oxygens (including phenoxy) is 2. The van der Waals surface area contributed by atoms with Crippen molar-refractivity contribution in [2.45, 2.75) is 13.2 Å². The van der Waals surface area contributed by atoms with Crippen molar-refractivity contribution in [1.82, 2.24) is 15.1 Å². The standard InChI is InChI=1S/C29H29ClN4O4/c30-24-15-23(29-25(17-31-32-29)34-13-11-33(12-14-34)18-28(35)36)26(37-19-21-7-3-1-4-8-21)16-27(24)38-20-22-9-5-2-6-10-22/h1-10,15-17H,11-14,18-20H2,(H,31,32)(H,35,36). The van der Waals surface area contributed by atoms with E-state index in [0.717, 1.165) is 28.1 Å². The fourth-order valence-electron chi connectivity index (χ4n) is 4.49. The molecule has 2 heterocycles. The maximum atomic E-state index is 11.1. The third kappa shape index (κ3) is 6.27. The van der Waals surface area contributed by atoms with E-state index in [1.807, 2.05) is 77.7 Å². The van der Waals surface area contributed by atoms with Crippen molar-refractivity contribution < 1.29 is 19.4 Å². The number of H-pyrrole nitrogens is 1. The molecule has 0 radical (unpaired) electrons. The number of carbonyl (C=O) groups is 1. The smallest absolute Gasteiger partial charge is 0.317 e. The zero-order valence-corrected chi connectivity index (χ0v) is 21.6. The van der Waals surface area contributed by atoms with E-state index in [-0.39, 0.29) is 6.54 Å². The summed E-state index contributed by atoms with van der Waals surface area (Å²) >= 11 is 6.72. The Morgan fingerprint density at radius 1 is 0.895 bits per heavy atom. The Balaban J connectivity index is 1.42. The van der Waals surface area contributed by atoms with Crippen molar-refractivity contribution in [3.63, 3.8) is 0 Å². The largest absolute Gasteiger partial charge is 0.488 e. The first-order valence-electron chi connectivity index (χ1n) is 12.5. The van der Waals surface area contributed by atoms with Crippen molar-refractivity contribution >= 4 is 23.3 Å². The fraction of sp³-hybridized carbons (Fsp3) is 0.241. The Hall–Kier alpha value is -4.01. The molecule has 1 aliphatic rings. The number of anilines is 1. The van der Waals surface area contributed by atoms with Crippen LogP contribution in [0.5, 0.6) is 11.5 Å². The van der Waals surface area contributed by atoms with E-state index < -0.39 is 5.97 Å². The summed E-state index contributed by atoms with van der Waals surface area (Å²) in [6.45, 7) is 3.49. The molecule has 0 aliphatic carbocycles. The van der Waals surface area contributed by atoms with Gasteiger partial charge in [0.25, 0.3) is 0 Å². The van der Waals surface area contributed by atoms with Crippen LogP contribution in [0.4, 0.5) is 5.69 Å². The molecule has 1 aliphatic heterocycles. The second-order valence-electron chi connectivity index (χ2n) is 9.11. The van der Waals surface area contributed by atoms with Gasteiger partial charge in [-0.05, 0) is 17.2 Å². The number of rotatable bonds is 10. The molecule has 9 heteroatoms. The van der Waals surface area contributed by atoms with Gasteiger partial charge in [0.1, 0.15) is 24.7 Å². The van der Waals surface area contributed by atoms with Gasteiger partial charge in [-0.15, -0.1) is 0 Å². The van der Waals surface area contributed by atoms with Crippen LogP contribution in [0.2, 0.25) is 5.02 Å². The lowest BCUT2D eigenvalue weighted by Gasteiger charge is -2.35. The molecule has 0 atom stereocenters. The van der Waals surface area contributed by atoms with Crippen molar-refractivity contribution in [3.05, 3.63) is 95.1 Å². The summed E-state index contributed by atoms with van der Waals surface area (Å²) in [5.41, 5.74) is 4.56. The molecule has 0 unspecified atom stereocenters. The lowest BCUT2D eigenvalue weighted by Crippen LogP contribution is -2.48. The molecule has 0 bridgehead atoms. The van der Waals surface area contributed by atoms with Crippen molar-refractivity contribution in [3.8, 4) is 22.8 Å². The molecule has 2 N–H and O–H groups in total. The van der Waals surface area contributed by atoms with E-state index in [4.69, 9.17) is 26.2 Å². The number of carboxylic acid groups (broad SMARTS) is 1. The number of nitrogens with one attached hydrogen (secondary N) is 1. The first kappa shape index (κ1) is 25.6. The maximum absolute atomic E-state index is 11.1. The second-order valence-corrected chi connectivity index (χ2v) is 9.52. The van der Waals surface area contributed by atoms with E-state index in [2.05, 4.69) is 15.1 Å². The molecule has 8 nitrogen and oxygen atoms in total. The Bertz CT molecular complexity index is 1360. The molecule has 4 aromatic rings. The third-order valence-corrected chi connectivity index (χ3v) is 6.76. The zero-order chi connectivity index (χ0) is 26.3. The Labute approximate surface area is 226 Å². The van der Waals surface area contributed by atoms with Crippen molar-refractivity contribution in [1.29, 1.82) is 0 Å². The molecule has 38 heavy (non-hydrogen) atoms. The van der Waals surface area contributed by atoms with Crippen LogP contribution in [-0.4, -0.2) is 58.9 Å². The first-order chi connectivity index (χ1) is 18.6. The molecular weight excluding hydrogens is 504 g/mol. The highest BCUT2D eigenvalue weighted by molar-refractivity contribution is 6.32. The summed E-state index contributed by atoms with van der Waals surface area (Å²) < 4.78 is 12.4. The van der Waals surface area contributed by atoms with Crippen LogP contribution in [0.3, 0.4) is 0 Å². The SMILES string of the molecule is O=C(O)CN1CCN(c2cn[nH]c2-c2cc(Cl)c(OCc3ccccc3)cc2OCc2ccccc2)CC1. The van der Waals surface area contributed by atoms with Crippen LogP contribution in [0.15, 0.2) is 79.0 Å². The molecular formula is C29H29ClN4O4. The summed E-state index contributed by atoms with van der Waals surface area (Å²) in [6.07, 6.45) is 1.79. The fourth-order valence-corrected chi connectivity index (χ4v) is 4.70. The second kappa shape index (κ2) is 12.0. The number of aromatic nitrogens is 2. The van der Waals surface area contributed by atoms with Gasteiger partial charge >= 0.3 is 5.97 Å². The molecule has 1 fully saturated rings. The Morgan fingerprint density at radius 2 is 1.50 bits per heavy atom. The van der Waals surface area contributed by atoms with Gasteiger partial charge in [0.2, 0.25) is 0 Å². The summed E-state index contributed by atoms with van der Waals surface area (Å²) in [6, 6.07) is 23.6. The molecule has 0 saturated carbocycles. The Kier molecular flexibility index (Phi) is 8.11. The molecule has 0 spiro atoms. The molecule has 196 valence electrons. The number of aromatic amines is 1. The summed E-state index contributed by atoms with van der Waals surface area (Å²) in [7, 11) is 0. The number of hydrogen-bond donors (Lipinski definition) is 2. The van der Waals surface area contributed by atoms with Crippen LogP contribution in [0.25, 0.3) is 11.3 Å². The van der Waals surface area contributed by atoms with Gasteiger partial charge in [-0.25, -0.2) is 0 Å². The van der Waals surface area contributed by atoms with Gasteiger partial charge in [-0.1, -0.05) is 72.3 Å². The van der Waals surface area contributed by atoms with Gasteiger partial charge in [0.05, 0.1) is 29.1 Å². The van der Waals surface area contributed by atoms with Gasteiger partial charge in [0, 0.05) is 37.8 Å². The van der Waals surface area contributed by atoms with Crippen LogP contribution in [-0.2, 0) is 18.0 Å². The quantitative estimate of drug-likeness (QED) is 0.294. The monoisotopic (exact) mass is 532 g/mol. The van der Waals surface area contributed by atoms with Gasteiger partial charge in [0.15, 0.2) is 0 Å². The highest BCUT2D eigenvalue weighted by Gasteiger charge is 2.24. The van der Waals surface area contributed by atoms with Crippen molar-refractivity contribution in [2.75, 3.05) is 37.6 Å². The maximum Gasteiger partial charge on any atom is 0.317 e. The normalized spacial score (nSPS) is 13.9. The molecule has 3 aromatic carbocycles. The van der Waals surface area contributed by atoms with Crippen LogP contribution in [0.1, 0.15) is 11.1 Å². The summed E-state index contributed by atoms with van der Waals surface area (Å²) in [4.78, 5) is 15.2. The number of nitrogens with zero attached hydrogens (tertiary/aromatic N) is 3. The van der Waals surface area contributed by atoms with Gasteiger partial charge in [-0.2, -0.15) is 5.10 Å². The van der Waals surface area contributed by atoms with E-state index in [0.29, 0.717) is 55.9 Å². The predicted octanol–water partition coefficient (Wildman–Crippen LogP) is 5.09. The minimum Gasteiger partial charge on any atom is -0.488 e. The van der Waals surface area contributed by atoms with Crippen LogP contribution in [0, 0.1) is 0 Å². The Morgan fingerprint density at radius 3 is 2.11 bits per heavy atom. The lowest BCUT2D eigenvalue weighted by molar-refractivity contribution is -0.138. The summed E-state index contributed by atoms with van der Waals surface area (Å²) in [5, 5.41) is 17.0. The van der Waals surface area contributed by atoms with Crippen LogP contribution >= 0.6 is 11.6 Å². The number of hydrogen-bond acceptors (Lipinski definition) is 6. The van der Waals surface area contributed by atoms with Gasteiger partial charge < -0.3 is 19.5 Å². The topological polar surface area (TPSA) is 90.9 Å². The first-order valence-corrected chi connectivity index (χ1v) is 12.8. The molecule has 1 aromatic heterocycles. The van der Waals surface area contributed by atoms with E-state index in [1.165, 1.54) is 0 Å². The highest BCUT2D eigenvalue weighted by atomic mass is 35.5. The average Bonchev–Trinajstić information content (AvgIpc) is 3.42. The molecule has 1 saturated heterocycles. The lowest BCUT2D eigenvalue weighted by atomic mass is 10.1. The van der Waals surface area contributed by atoms with E-state index in [9.17, 15) is 4.79 Å².